The average Bonchev–Trinajstić information content (AvgIpc) is 2.51. The first kappa shape index (κ1) is 23.5. The van der Waals surface area contributed by atoms with Crippen molar-refractivity contribution in [3.63, 3.8) is 0 Å². The predicted octanol–water partition coefficient (Wildman–Crippen LogP) is 6.24. The molecule has 0 aliphatic rings. The number of halogens is 1. The van der Waals surface area contributed by atoms with Crippen molar-refractivity contribution in [3.05, 3.63) is 35.6 Å². The smallest absolute Gasteiger partial charge is 0.188 e. The summed E-state index contributed by atoms with van der Waals surface area (Å²) in [5, 5.41) is 0. The number of benzene rings is 1. The Hall–Kier alpha value is -0.540. The molecule has 3 nitrogen and oxygen atoms in total. The quantitative estimate of drug-likeness (QED) is 0.332. The minimum Gasteiger partial charge on any atom is -0.331 e. The van der Waals surface area contributed by atoms with E-state index in [9.17, 15) is 4.39 Å². The molecular weight excluding hydrogens is 346 g/mol. The zero-order chi connectivity index (χ0) is 19.9. The molecule has 26 heavy (non-hydrogen) atoms. The summed E-state index contributed by atoms with van der Waals surface area (Å²) in [6.45, 7) is 18.7. The molecule has 5 heteroatoms. The van der Waals surface area contributed by atoms with Crippen LogP contribution in [0.5, 0.6) is 0 Å². The summed E-state index contributed by atoms with van der Waals surface area (Å²) in [4.78, 5) is 0. The van der Waals surface area contributed by atoms with Crippen LogP contribution in [0.15, 0.2) is 24.3 Å². The Morgan fingerprint density at radius 1 is 0.808 bits per heavy atom. The molecule has 0 heterocycles. The van der Waals surface area contributed by atoms with Gasteiger partial charge < -0.3 is 4.52 Å². The van der Waals surface area contributed by atoms with Crippen LogP contribution < -0.4 is 0 Å². The summed E-state index contributed by atoms with van der Waals surface area (Å²) in [5.41, 5.74) is 1.16. The minimum absolute atomic E-state index is 0.178. The molecule has 0 N–H and O–H groups in total. The van der Waals surface area contributed by atoms with Crippen LogP contribution in [-0.2, 0) is 10.9 Å². The molecule has 0 saturated carbocycles. The van der Waals surface area contributed by atoms with Gasteiger partial charge in [-0.15, -0.1) is 0 Å². The first-order valence-corrected chi connectivity index (χ1v) is 11.1. The lowest BCUT2D eigenvalue weighted by atomic mass is 10.1. The van der Waals surface area contributed by atoms with Crippen LogP contribution in [-0.4, -0.2) is 40.1 Å². The normalized spacial score (nSPS) is 12.8. The van der Waals surface area contributed by atoms with Crippen molar-refractivity contribution in [3.8, 4) is 0 Å². The fourth-order valence-corrected chi connectivity index (χ4v) is 5.69. The minimum atomic E-state index is -0.824. The lowest BCUT2D eigenvalue weighted by molar-refractivity contribution is 0.185. The standard InChI is InChI=1S/C21H38FN2OP/c1-16(2)23(17(3)4)26(24(18(5)6)19(7)8)25-15-9-10-20-11-13-21(22)14-12-20/h11-14,16-19H,9-10,15H2,1-8H3. The fourth-order valence-electron chi connectivity index (χ4n) is 3.31. The highest BCUT2D eigenvalue weighted by molar-refractivity contribution is 7.47. The lowest BCUT2D eigenvalue weighted by Crippen LogP contribution is -2.43. The Morgan fingerprint density at radius 3 is 1.62 bits per heavy atom. The average molecular weight is 385 g/mol. The van der Waals surface area contributed by atoms with E-state index in [4.69, 9.17) is 4.52 Å². The van der Waals surface area contributed by atoms with E-state index in [0.717, 1.165) is 25.0 Å². The molecule has 0 saturated heterocycles. The second kappa shape index (κ2) is 11.3. The van der Waals surface area contributed by atoms with Crippen molar-refractivity contribution < 1.29 is 8.91 Å². The number of nitrogens with zero attached hydrogens (tertiary/aromatic N) is 2. The second-order valence-corrected chi connectivity index (χ2v) is 9.64. The van der Waals surface area contributed by atoms with Gasteiger partial charge in [0.1, 0.15) is 5.82 Å². The molecule has 0 unspecified atom stereocenters. The third-order valence-electron chi connectivity index (χ3n) is 4.24. The third kappa shape index (κ3) is 7.23. The Kier molecular flexibility index (Phi) is 10.2. The van der Waals surface area contributed by atoms with Crippen molar-refractivity contribution in [2.24, 2.45) is 0 Å². The molecule has 1 aromatic rings. The highest BCUT2D eigenvalue weighted by Gasteiger charge is 2.34. The number of aryl methyl sites for hydroxylation is 1. The van der Waals surface area contributed by atoms with Crippen molar-refractivity contribution in [2.75, 3.05) is 6.61 Å². The van der Waals surface area contributed by atoms with E-state index in [0.29, 0.717) is 24.2 Å². The summed E-state index contributed by atoms with van der Waals surface area (Å²) in [5.74, 6) is -0.178. The van der Waals surface area contributed by atoms with Crippen LogP contribution in [0.1, 0.15) is 67.4 Å². The summed E-state index contributed by atoms with van der Waals surface area (Å²) < 4.78 is 24.5. The summed E-state index contributed by atoms with van der Waals surface area (Å²) in [6.07, 6.45) is 1.86. The molecule has 150 valence electrons. The van der Waals surface area contributed by atoms with E-state index < -0.39 is 8.45 Å². The maximum atomic E-state index is 13.0. The molecule has 0 fully saturated rings. The molecule has 1 rings (SSSR count). The van der Waals surface area contributed by atoms with E-state index in [1.807, 2.05) is 12.1 Å². The second-order valence-electron chi connectivity index (χ2n) is 7.95. The van der Waals surface area contributed by atoms with Crippen molar-refractivity contribution in [2.45, 2.75) is 92.4 Å². The Labute approximate surface area is 161 Å². The highest BCUT2D eigenvalue weighted by Crippen LogP contribution is 2.50. The SMILES string of the molecule is CC(C)N(C(C)C)P(OCCCc1ccc(F)cc1)N(C(C)C)C(C)C. The largest absolute Gasteiger partial charge is 0.331 e. The monoisotopic (exact) mass is 384 g/mol. The molecule has 0 bridgehead atoms. The van der Waals surface area contributed by atoms with E-state index in [1.165, 1.54) is 12.1 Å². The number of hydrogen-bond acceptors (Lipinski definition) is 3. The molecular formula is C21H38FN2OP. The van der Waals surface area contributed by atoms with Gasteiger partial charge in [-0.2, -0.15) is 0 Å². The molecule has 0 aromatic heterocycles. The highest BCUT2D eigenvalue weighted by atomic mass is 31.2. The van der Waals surface area contributed by atoms with Crippen molar-refractivity contribution >= 4 is 8.45 Å². The van der Waals surface area contributed by atoms with Crippen LogP contribution in [0.2, 0.25) is 0 Å². The van der Waals surface area contributed by atoms with Gasteiger partial charge in [-0.3, -0.25) is 0 Å². The first-order chi connectivity index (χ1) is 12.1. The van der Waals surface area contributed by atoms with Crippen LogP contribution in [0.4, 0.5) is 4.39 Å². The molecule has 0 aliphatic carbocycles. The van der Waals surface area contributed by atoms with Gasteiger partial charge >= 0.3 is 0 Å². The summed E-state index contributed by atoms with van der Waals surface area (Å²) >= 11 is 0. The van der Waals surface area contributed by atoms with Gasteiger partial charge in [0, 0.05) is 24.2 Å². The van der Waals surface area contributed by atoms with Crippen LogP contribution in [0.3, 0.4) is 0 Å². The summed E-state index contributed by atoms with van der Waals surface area (Å²) in [7, 11) is -0.824. The lowest BCUT2D eigenvalue weighted by Gasteiger charge is -2.45. The van der Waals surface area contributed by atoms with E-state index in [1.54, 1.807) is 0 Å². The predicted molar refractivity (Wildman–Crippen MR) is 112 cm³/mol. The topological polar surface area (TPSA) is 15.7 Å². The fraction of sp³-hybridized carbons (Fsp3) is 0.714. The van der Waals surface area contributed by atoms with Crippen LogP contribution in [0, 0.1) is 5.82 Å². The van der Waals surface area contributed by atoms with E-state index in [-0.39, 0.29) is 5.82 Å². The molecule has 1 aromatic carbocycles. The first-order valence-electron chi connectivity index (χ1n) is 9.89. The van der Waals surface area contributed by atoms with Gasteiger partial charge in [0.15, 0.2) is 8.45 Å². The van der Waals surface area contributed by atoms with E-state index >= 15 is 0 Å². The van der Waals surface area contributed by atoms with Crippen LogP contribution >= 0.6 is 8.45 Å². The maximum Gasteiger partial charge on any atom is 0.188 e. The Bertz CT molecular complexity index is 469. The van der Waals surface area contributed by atoms with Gasteiger partial charge in [0.05, 0.1) is 6.61 Å². The Morgan fingerprint density at radius 2 is 1.23 bits per heavy atom. The molecule has 0 atom stereocenters. The Balaban J connectivity index is 2.79. The molecule has 0 radical (unpaired) electrons. The van der Waals surface area contributed by atoms with Gasteiger partial charge in [0.2, 0.25) is 0 Å². The number of rotatable bonds is 11. The van der Waals surface area contributed by atoms with Gasteiger partial charge in [-0.25, -0.2) is 13.7 Å². The van der Waals surface area contributed by atoms with Crippen LogP contribution in [0.25, 0.3) is 0 Å². The summed E-state index contributed by atoms with van der Waals surface area (Å²) in [6, 6.07) is 8.50. The van der Waals surface area contributed by atoms with E-state index in [2.05, 4.69) is 64.7 Å². The maximum absolute atomic E-state index is 13.0. The third-order valence-corrected chi connectivity index (χ3v) is 7.29. The van der Waals surface area contributed by atoms with Gasteiger partial charge in [-0.05, 0) is 85.9 Å². The zero-order valence-electron chi connectivity index (χ0n) is 17.9. The van der Waals surface area contributed by atoms with Crippen molar-refractivity contribution in [1.82, 2.24) is 9.34 Å². The van der Waals surface area contributed by atoms with Gasteiger partial charge in [0.25, 0.3) is 0 Å². The molecule has 0 spiro atoms. The zero-order valence-corrected chi connectivity index (χ0v) is 18.8. The molecule has 0 aliphatic heterocycles. The molecule has 0 amide bonds. The van der Waals surface area contributed by atoms with Gasteiger partial charge in [-0.1, -0.05) is 12.1 Å². The number of hydrogen-bond donors (Lipinski definition) is 0. The van der Waals surface area contributed by atoms with Crippen molar-refractivity contribution in [1.29, 1.82) is 0 Å².